The predicted molar refractivity (Wildman–Crippen MR) is 68.1 cm³/mol. The standard InChI is InChI=1S/C13H24N2O3/c1-13(2)17-9-11(18-13)8-15-12(16)7-10-3-5-14-6-4-10/h10-11,14H,3-9H2,1-2H3,(H,15,16). The van der Waals surface area contributed by atoms with Gasteiger partial charge in [-0.3, -0.25) is 4.79 Å². The highest BCUT2D eigenvalue weighted by atomic mass is 16.7. The van der Waals surface area contributed by atoms with Gasteiger partial charge in [-0.15, -0.1) is 0 Å². The Morgan fingerprint density at radius 1 is 1.39 bits per heavy atom. The molecule has 0 aromatic rings. The van der Waals surface area contributed by atoms with Gasteiger partial charge in [0.15, 0.2) is 5.79 Å². The summed E-state index contributed by atoms with van der Waals surface area (Å²) >= 11 is 0. The predicted octanol–water partition coefficient (Wildman–Crippen LogP) is 0.644. The molecule has 0 aromatic carbocycles. The van der Waals surface area contributed by atoms with E-state index in [1.54, 1.807) is 0 Å². The fraction of sp³-hybridized carbons (Fsp3) is 0.923. The summed E-state index contributed by atoms with van der Waals surface area (Å²) in [5, 5.41) is 6.25. The highest BCUT2D eigenvalue weighted by Gasteiger charge is 2.32. The Kier molecular flexibility index (Phi) is 4.59. The summed E-state index contributed by atoms with van der Waals surface area (Å²) in [6.45, 7) is 6.96. The topological polar surface area (TPSA) is 59.6 Å². The van der Waals surface area contributed by atoms with Crippen LogP contribution < -0.4 is 10.6 Å². The number of nitrogens with one attached hydrogen (secondary N) is 2. The van der Waals surface area contributed by atoms with Crippen LogP contribution in [0.3, 0.4) is 0 Å². The second kappa shape index (κ2) is 5.99. The van der Waals surface area contributed by atoms with Gasteiger partial charge in [-0.05, 0) is 45.7 Å². The zero-order chi connectivity index (χ0) is 13.0. The zero-order valence-electron chi connectivity index (χ0n) is 11.3. The number of hydrogen-bond donors (Lipinski definition) is 2. The van der Waals surface area contributed by atoms with Crippen LogP contribution in [0.4, 0.5) is 0 Å². The van der Waals surface area contributed by atoms with Gasteiger partial charge in [0.1, 0.15) is 6.10 Å². The lowest BCUT2D eigenvalue weighted by atomic mass is 9.94. The quantitative estimate of drug-likeness (QED) is 0.775. The highest BCUT2D eigenvalue weighted by molar-refractivity contribution is 5.76. The molecule has 2 N–H and O–H groups in total. The molecule has 0 aliphatic carbocycles. The largest absolute Gasteiger partial charge is 0.353 e. The van der Waals surface area contributed by atoms with Crippen LogP contribution in [-0.2, 0) is 14.3 Å². The second-order valence-corrected chi connectivity index (χ2v) is 5.65. The number of amides is 1. The van der Waals surface area contributed by atoms with Gasteiger partial charge < -0.3 is 20.1 Å². The van der Waals surface area contributed by atoms with E-state index in [0.29, 0.717) is 25.5 Å². The molecule has 2 rings (SSSR count). The second-order valence-electron chi connectivity index (χ2n) is 5.65. The molecular formula is C13H24N2O3. The summed E-state index contributed by atoms with van der Waals surface area (Å²) < 4.78 is 11.1. The Labute approximate surface area is 109 Å². The molecule has 1 amide bonds. The molecule has 2 aliphatic heterocycles. The van der Waals surface area contributed by atoms with Crippen LogP contribution in [0.25, 0.3) is 0 Å². The molecular weight excluding hydrogens is 232 g/mol. The third-order valence-electron chi connectivity index (χ3n) is 3.53. The number of carbonyl (C=O) groups is 1. The molecule has 5 nitrogen and oxygen atoms in total. The van der Waals surface area contributed by atoms with Crippen LogP contribution in [0.15, 0.2) is 0 Å². The minimum atomic E-state index is -0.509. The SMILES string of the molecule is CC1(C)OCC(CNC(=O)CC2CCNCC2)O1. The Balaban J connectivity index is 1.63. The number of hydrogen-bond acceptors (Lipinski definition) is 4. The first kappa shape index (κ1) is 13.8. The molecule has 0 saturated carbocycles. The van der Waals surface area contributed by atoms with Gasteiger partial charge in [0.25, 0.3) is 0 Å². The molecule has 2 heterocycles. The van der Waals surface area contributed by atoms with E-state index in [1.807, 2.05) is 13.8 Å². The van der Waals surface area contributed by atoms with Gasteiger partial charge in [0.2, 0.25) is 5.91 Å². The third-order valence-corrected chi connectivity index (χ3v) is 3.53. The van der Waals surface area contributed by atoms with E-state index < -0.39 is 5.79 Å². The summed E-state index contributed by atoms with van der Waals surface area (Å²) in [6.07, 6.45) is 2.82. The normalized spacial score (nSPS) is 28.2. The lowest BCUT2D eigenvalue weighted by Crippen LogP contribution is -2.36. The van der Waals surface area contributed by atoms with Crippen LogP contribution in [0.2, 0.25) is 0 Å². The first-order valence-corrected chi connectivity index (χ1v) is 6.84. The average molecular weight is 256 g/mol. The van der Waals surface area contributed by atoms with Crippen LogP contribution >= 0.6 is 0 Å². The van der Waals surface area contributed by atoms with Crippen molar-refractivity contribution in [3.8, 4) is 0 Å². The van der Waals surface area contributed by atoms with Crippen LogP contribution in [0.5, 0.6) is 0 Å². The summed E-state index contributed by atoms with van der Waals surface area (Å²) in [6, 6.07) is 0. The summed E-state index contributed by atoms with van der Waals surface area (Å²) in [7, 11) is 0. The molecule has 2 aliphatic rings. The van der Waals surface area contributed by atoms with Crippen molar-refractivity contribution in [2.75, 3.05) is 26.2 Å². The molecule has 104 valence electrons. The molecule has 1 atom stereocenters. The minimum Gasteiger partial charge on any atom is -0.353 e. The smallest absolute Gasteiger partial charge is 0.220 e. The summed E-state index contributed by atoms with van der Waals surface area (Å²) in [5.74, 6) is 0.156. The molecule has 2 saturated heterocycles. The monoisotopic (exact) mass is 256 g/mol. The maximum absolute atomic E-state index is 11.8. The molecule has 0 radical (unpaired) electrons. The first-order valence-electron chi connectivity index (χ1n) is 6.84. The minimum absolute atomic E-state index is 0.0167. The van der Waals surface area contributed by atoms with E-state index in [4.69, 9.17) is 9.47 Å². The third kappa shape index (κ3) is 4.23. The average Bonchev–Trinajstić information content (AvgIpc) is 2.68. The Bertz CT molecular complexity index is 288. The number of ether oxygens (including phenoxy) is 2. The van der Waals surface area contributed by atoms with Gasteiger partial charge in [0.05, 0.1) is 6.61 Å². The van der Waals surface area contributed by atoms with Crippen molar-refractivity contribution >= 4 is 5.91 Å². The maximum Gasteiger partial charge on any atom is 0.220 e. The maximum atomic E-state index is 11.8. The molecule has 2 fully saturated rings. The van der Waals surface area contributed by atoms with Gasteiger partial charge in [-0.2, -0.15) is 0 Å². The van der Waals surface area contributed by atoms with Crippen molar-refractivity contribution in [3.63, 3.8) is 0 Å². The lowest BCUT2D eigenvalue weighted by Gasteiger charge is -2.22. The number of rotatable bonds is 4. The number of piperidine rings is 1. The van der Waals surface area contributed by atoms with E-state index in [-0.39, 0.29) is 12.0 Å². The van der Waals surface area contributed by atoms with Crippen LogP contribution in [-0.4, -0.2) is 44.0 Å². The van der Waals surface area contributed by atoms with Crippen LogP contribution in [0.1, 0.15) is 33.1 Å². The van der Waals surface area contributed by atoms with Crippen molar-refractivity contribution in [1.82, 2.24) is 10.6 Å². The van der Waals surface area contributed by atoms with Gasteiger partial charge in [-0.25, -0.2) is 0 Å². The Morgan fingerprint density at radius 2 is 2.11 bits per heavy atom. The van der Waals surface area contributed by atoms with E-state index in [2.05, 4.69) is 10.6 Å². The summed E-state index contributed by atoms with van der Waals surface area (Å²) in [4.78, 5) is 11.8. The van der Waals surface area contributed by atoms with E-state index >= 15 is 0 Å². The van der Waals surface area contributed by atoms with Crippen molar-refractivity contribution in [1.29, 1.82) is 0 Å². The fourth-order valence-corrected chi connectivity index (χ4v) is 2.51. The summed E-state index contributed by atoms with van der Waals surface area (Å²) in [5.41, 5.74) is 0. The van der Waals surface area contributed by atoms with Gasteiger partial charge >= 0.3 is 0 Å². The Hall–Kier alpha value is -0.650. The van der Waals surface area contributed by atoms with E-state index in [0.717, 1.165) is 25.9 Å². The molecule has 1 unspecified atom stereocenters. The van der Waals surface area contributed by atoms with E-state index in [9.17, 15) is 4.79 Å². The molecule has 0 aromatic heterocycles. The van der Waals surface area contributed by atoms with E-state index in [1.165, 1.54) is 0 Å². The first-order chi connectivity index (χ1) is 8.55. The van der Waals surface area contributed by atoms with Gasteiger partial charge in [-0.1, -0.05) is 0 Å². The van der Waals surface area contributed by atoms with Crippen molar-refractivity contribution in [2.45, 2.75) is 45.0 Å². The molecule has 18 heavy (non-hydrogen) atoms. The molecule has 0 spiro atoms. The number of carbonyl (C=O) groups excluding carboxylic acids is 1. The van der Waals surface area contributed by atoms with Crippen molar-refractivity contribution < 1.29 is 14.3 Å². The van der Waals surface area contributed by atoms with Crippen molar-refractivity contribution in [3.05, 3.63) is 0 Å². The Morgan fingerprint density at radius 3 is 2.72 bits per heavy atom. The zero-order valence-corrected chi connectivity index (χ0v) is 11.3. The molecule has 5 heteroatoms. The van der Waals surface area contributed by atoms with Crippen LogP contribution in [0, 0.1) is 5.92 Å². The molecule has 0 bridgehead atoms. The van der Waals surface area contributed by atoms with Crippen molar-refractivity contribution in [2.24, 2.45) is 5.92 Å². The van der Waals surface area contributed by atoms with Gasteiger partial charge in [0, 0.05) is 13.0 Å². The fourth-order valence-electron chi connectivity index (χ4n) is 2.51. The lowest BCUT2D eigenvalue weighted by molar-refractivity contribution is -0.139. The highest BCUT2D eigenvalue weighted by Crippen LogP contribution is 2.21.